The van der Waals surface area contributed by atoms with E-state index in [1.54, 1.807) is 10.9 Å². The fourth-order valence-corrected chi connectivity index (χ4v) is 3.28. The summed E-state index contributed by atoms with van der Waals surface area (Å²) in [4.78, 5) is 37.1. The number of aryl methyl sites for hydroxylation is 1. The molecule has 0 aliphatic heterocycles. The van der Waals surface area contributed by atoms with E-state index in [0.717, 1.165) is 11.1 Å². The Labute approximate surface area is 165 Å². The Balaban J connectivity index is 2.24. The fraction of sp³-hybridized carbons (Fsp3) is 0.600. The van der Waals surface area contributed by atoms with Gasteiger partial charge in [0.2, 0.25) is 5.91 Å². The number of carboxylic acid groups (broad SMARTS) is 1. The minimum Gasteiger partial charge on any atom is -0.481 e. The van der Waals surface area contributed by atoms with E-state index in [1.165, 1.54) is 0 Å². The van der Waals surface area contributed by atoms with Gasteiger partial charge in [0.15, 0.2) is 5.69 Å². The van der Waals surface area contributed by atoms with Crippen molar-refractivity contribution in [3.05, 3.63) is 23.0 Å². The lowest BCUT2D eigenvalue weighted by atomic mass is 9.76. The van der Waals surface area contributed by atoms with Gasteiger partial charge < -0.3 is 15.7 Å². The topological polar surface area (TPSA) is 113 Å². The molecule has 0 aromatic carbocycles. The lowest BCUT2D eigenvalue weighted by Gasteiger charge is -2.29. The zero-order valence-electron chi connectivity index (χ0n) is 17.2. The van der Waals surface area contributed by atoms with Crippen LogP contribution < -0.4 is 10.6 Å². The van der Waals surface area contributed by atoms with Crippen LogP contribution in [0.3, 0.4) is 0 Å². The first kappa shape index (κ1) is 21.7. The van der Waals surface area contributed by atoms with Crippen molar-refractivity contribution in [1.82, 2.24) is 15.1 Å². The van der Waals surface area contributed by atoms with Gasteiger partial charge in [-0.05, 0) is 39.5 Å². The highest BCUT2D eigenvalue weighted by molar-refractivity contribution is 6.03. The van der Waals surface area contributed by atoms with Gasteiger partial charge in [0, 0.05) is 19.3 Å². The molecule has 0 radical (unpaired) electrons. The Hall–Kier alpha value is -2.64. The van der Waals surface area contributed by atoms with Crippen LogP contribution in [0.2, 0.25) is 0 Å². The van der Waals surface area contributed by atoms with Crippen molar-refractivity contribution in [2.24, 2.45) is 17.8 Å². The van der Waals surface area contributed by atoms with Gasteiger partial charge in [-0.15, -0.1) is 0 Å². The second kappa shape index (κ2) is 9.03. The molecule has 154 valence electrons. The number of aliphatic carboxylic acids is 1. The molecule has 0 saturated carbocycles. The van der Waals surface area contributed by atoms with E-state index in [-0.39, 0.29) is 17.5 Å². The first-order valence-corrected chi connectivity index (χ1v) is 9.68. The molecule has 8 nitrogen and oxygen atoms in total. The van der Waals surface area contributed by atoms with Gasteiger partial charge in [0.1, 0.15) is 0 Å². The van der Waals surface area contributed by atoms with Crippen LogP contribution in [0, 0.1) is 17.8 Å². The van der Waals surface area contributed by atoms with E-state index in [9.17, 15) is 19.5 Å². The second-order valence-corrected chi connectivity index (χ2v) is 7.86. The van der Waals surface area contributed by atoms with Crippen LogP contribution in [-0.2, 0) is 16.1 Å². The molecule has 2 amide bonds. The van der Waals surface area contributed by atoms with Crippen molar-refractivity contribution in [1.29, 1.82) is 0 Å². The lowest BCUT2D eigenvalue weighted by molar-refractivity contribution is -0.146. The quantitative estimate of drug-likeness (QED) is 0.620. The number of anilines is 1. The Morgan fingerprint density at radius 1 is 1.21 bits per heavy atom. The minimum absolute atomic E-state index is 0.141. The van der Waals surface area contributed by atoms with Gasteiger partial charge in [-0.2, -0.15) is 5.10 Å². The number of nitrogens with zero attached hydrogens (tertiary/aromatic N) is 2. The van der Waals surface area contributed by atoms with Crippen molar-refractivity contribution in [2.45, 2.75) is 54.0 Å². The molecule has 3 N–H and O–H groups in total. The summed E-state index contributed by atoms with van der Waals surface area (Å²) in [6.45, 7) is 10.7. The summed E-state index contributed by atoms with van der Waals surface area (Å²) in [6, 6.07) is 0. The number of amides is 2. The maximum Gasteiger partial charge on any atom is 0.307 e. The SMILES string of the molecule is CCn1cc(NC(=O)[C@@H]2CC(C)=C(C)C[C@H]2C(=O)O)c(C(=O)NCC(C)C)n1. The highest BCUT2D eigenvalue weighted by Gasteiger charge is 2.37. The molecule has 0 spiro atoms. The van der Waals surface area contributed by atoms with Gasteiger partial charge >= 0.3 is 5.97 Å². The van der Waals surface area contributed by atoms with Gasteiger partial charge in [-0.25, -0.2) is 0 Å². The van der Waals surface area contributed by atoms with Crippen molar-refractivity contribution in [3.8, 4) is 0 Å². The lowest BCUT2D eigenvalue weighted by Crippen LogP contribution is -2.37. The minimum atomic E-state index is -0.980. The number of hydrogen-bond donors (Lipinski definition) is 3. The van der Waals surface area contributed by atoms with Gasteiger partial charge in [0.05, 0.1) is 17.5 Å². The third-order valence-corrected chi connectivity index (χ3v) is 5.15. The number of hydrogen-bond acceptors (Lipinski definition) is 4. The summed E-state index contributed by atoms with van der Waals surface area (Å²) in [7, 11) is 0. The standard InChI is InChI=1S/C20H30N4O4/c1-6-24-10-16(17(23-24)19(26)21-9-11(2)3)22-18(25)14-7-12(4)13(5)8-15(14)20(27)28/h10-11,14-15H,6-9H2,1-5H3,(H,21,26)(H,22,25)(H,27,28)/t14-,15-/m1/s1. The van der Waals surface area contributed by atoms with Crippen LogP contribution >= 0.6 is 0 Å². The first-order chi connectivity index (χ1) is 13.1. The molecule has 2 rings (SSSR count). The number of carbonyl (C=O) groups is 3. The molecule has 1 aromatic heterocycles. The van der Waals surface area contributed by atoms with Crippen molar-refractivity contribution in [3.63, 3.8) is 0 Å². The molecule has 2 atom stereocenters. The number of allylic oxidation sites excluding steroid dienone is 2. The Morgan fingerprint density at radius 3 is 2.36 bits per heavy atom. The molecule has 1 aliphatic carbocycles. The van der Waals surface area contributed by atoms with Crippen molar-refractivity contribution < 1.29 is 19.5 Å². The maximum atomic E-state index is 12.9. The molecule has 1 aromatic rings. The Bertz CT molecular complexity index is 794. The highest BCUT2D eigenvalue weighted by Crippen LogP contribution is 2.35. The van der Waals surface area contributed by atoms with E-state index >= 15 is 0 Å². The predicted octanol–water partition coefficient (Wildman–Crippen LogP) is 2.67. The van der Waals surface area contributed by atoms with Crippen LogP contribution in [0.5, 0.6) is 0 Å². The zero-order chi connectivity index (χ0) is 21.0. The highest BCUT2D eigenvalue weighted by atomic mass is 16.4. The van der Waals surface area contributed by atoms with Crippen LogP contribution in [0.25, 0.3) is 0 Å². The fourth-order valence-electron chi connectivity index (χ4n) is 3.28. The maximum absolute atomic E-state index is 12.9. The van der Waals surface area contributed by atoms with E-state index in [0.29, 0.717) is 31.6 Å². The van der Waals surface area contributed by atoms with Crippen LogP contribution in [-0.4, -0.2) is 39.2 Å². The number of nitrogens with one attached hydrogen (secondary N) is 2. The largest absolute Gasteiger partial charge is 0.481 e. The number of rotatable bonds is 7. The van der Waals surface area contributed by atoms with Crippen LogP contribution in [0.15, 0.2) is 17.3 Å². The van der Waals surface area contributed by atoms with E-state index < -0.39 is 23.7 Å². The number of carboxylic acids is 1. The monoisotopic (exact) mass is 390 g/mol. The summed E-state index contributed by atoms with van der Waals surface area (Å²) in [5.74, 6) is -2.91. The van der Waals surface area contributed by atoms with E-state index in [4.69, 9.17) is 0 Å². The molecule has 8 heteroatoms. The van der Waals surface area contributed by atoms with Crippen LogP contribution in [0.4, 0.5) is 5.69 Å². The Morgan fingerprint density at radius 2 is 1.82 bits per heavy atom. The third kappa shape index (κ3) is 4.99. The smallest absolute Gasteiger partial charge is 0.307 e. The molecule has 0 bridgehead atoms. The zero-order valence-corrected chi connectivity index (χ0v) is 17.2. The molecule has 1 aliphatic rings. The number of carbonyl (C=O) groups excluding carboxylic acids is 2. The number of aromatic nitrogens is 2. The van der Waals surface area contributed by atoms with Crippen molar-refractivity contribution in [2.75, 3.05) is 11.9 Å². The van der Waals surface area contributed by atoms with E-state index in [1.807, 2.05) is 34.6 Å². The van der Waals surface area contributed by atoms with Gasteiger partial charge in [0.25, 0.3) is 5.91 Å². The molecule has 0 unspecified atom stereocenters. The third-order valence-electron chi connectivity index (χ3n) is 5.15. The molecule has 1 heterocycles. The van der Waals surface area contributed by atoms with E-state index in [2.05, 4.69) is 15.7 Å². The summed E-state index contributed by atoms with van der Waals surface area (Å²) in [5, 5.41) is 19.4. The summed E-state index contributed by atoms with van der Waals surface area (Å²) < 4.78 is 1.57. The average Bonchev–Trinajstić information content (AvgIpc) is 3.04. The normalized spacial score (nSPS) is 19.6. The Kier molecular flexibility index (Phi) is 6.99. The summed E-state index contributed by atoms with van der Waals surface area (Å²) in [5.41, 5.74) is 2.50. The van der Waals surface area contributed by atoms with Gasteiger partial charge in [-0.1, -0.05) is 25.0 Å². The van der Waals surface area contributed by atoms with Crippen molar-refractivity contribution >= 4 is 23.5 Å². The summed E-state index contributed by atoms with van der Waals surface area (Å²) in [6.07, 6.45) is 2.36. The molecule has 28 heavy (non-hydrogen) atoms. The first-order valence-electron chi connectivity index (χ1n) is 9.68. The average molecular weight is 390 g/mol. The second-order valence-electron chi connectivity index (χ2n) is 7.86. The molecular weight excluding hydrogens is 360 g/mol. The predicted molar refractivity (Wildman–Crippen MR) is 106 cm³/mol. The van der Waals surface area contributed by atoms with Crippen LogP contribution in [0.1, 0.15) is 57.9 Å². The van der Waals surface area contributed by atoms with Gasteiger partial charge in [-0.3, -0.25) is 19.1 Å². The molecule has 0 saturated heterocycles. The molecule has 0 fully saturated rings. The summed E-state index contributed by atoms with van der Waals surface area (Å²) >= 11 is 0. The molecular formula is C20H30N4O4.